The van der Waals surface area contributed by atoms with E-state index in [-0.39, 0.29) is 12.5 Å². The Morgan fingerprint density at radius 3 is 3.00 bits per heavy atom. The Kier molecular flexibility index (Phi) is 4.44. The van der Waals surface area contributed by atoms with Crippen LogP contribution in [0.3, 0.4) is 0 Å². The maximum absolute atomic E-state index is 10.6. The lowest BCUT2D eigenvalue weighted by atomic mass is 10.1. The Bertz CT molecular complexity index is 427. The minimum atomic E-state index is -0.875. The summed E-state index contributed by atoms with van der Waals surface area (Å²) in [6.45, 7) is 1.36. The Hall–Kier alpha value is -1.26. The molecule has 1 saturated heterocycles. The van der Waals surface area contributed by atoms with Crippen molar-refractivity contribution >= 4 is 17.6 Å². The molecule has 0 bridgehead atoms. The second-order valence-electron chi connectivity index (χ2n) is 4.29. The largest absolute Gasteiger partial charge is 0.486 e. The van der Waals surface area contributed by atoms with Crippen LogP contribution >= 0.6 is 11.6 Å². The fourth-order valence-electron chi connectivity index (χ4n) is 1.91. The lowest BCUT2D eigenvalue weighted by Crippen LogP contribution is -2.28. The Balaban J connectivity index is 2.02. The number of hydrogen-bond donors (Lipinski definition) is 1. The molecule has 0 saturated carbocycles. The first-order valence-electron chi connectivity index (χ1n) is 5.90. The highest BCUT2D eigenvalue weighted by Crippen LogP contribution is 2.28. The maximum Gasteiger partial charge on any atom is 0.307 e. The first-order chi connectivity index (χ1) is 8.65. The summed E-state index contributed by atoms with van der Waals surface area (Å²) in [5, 5.41) is 9.14. The normalized spacial score (nSPS) is 19.5. The fraction of sp³-hybridized carbons (Fsp3) is 0.462. The Morgan fingerprint density at radius 1 is 1.56 bits per heavy atom. The summed E-state index contributed by atoms with van der Waals surface area (Å²) in [7, 11) is 0. The van der Waals surface area contributed by atoms with Gasteiger partial charge in [-0.2, -0.15) is 0 Å². The second-order valence-corrected chi connectivity index (χ2v) is 4.70. The molecule has 1 aliphatic rings. The lowest BCUT2D eigenvalue weighted by molar-refractivity contribution is -0.136. The van der Waals surface area contributed by atoms with Gasteiger partial charge in [0.2, 0.25) is 0 Å². The highest BCUT2D eigenvalue weighted by Gasteiger charge is 2.17. The van der Waals surface area contributed by atoms with Gasteiger partial charge in [-0.3, -0.25) is 4.79 Å². The van der Waals surface area contributed by atoms with Crippen LogP contribution in [-0.4, -0.2) is 30.4 Å². The second kappa shape index (κ2) is 6.07. The predicted molar refractivity (Wildman–Crippen MR) is 67.3 cm³/mol. The van der Waals surface area contributed by atoms with Gasteiger partial charge >= 0.3 is 5.97 Å². The highest BCUT2D eigenvalue weighted by molar-refractivity contribution is 6.32. The minimum Gasteiger partial charge on any atom is -0.486 e. The highest BCUT2D eigenvalue weighted by atomic mass is 35.5. The summed E-state index contributed by atoms with van der Waals surface area (Å²) in [6.07, 6.45) is 1.93. The van der Waals surface area contributed by atoms with Crippen molar-refractivity contribution in [2.24, 2.45) is 0 Å². The number of carboxylic acid groups (broad SMARTS) is 1. The van der Waals surface area contributed by atoms with E-state index in [9.17, 15) is 4.79 Å². The molecule has 1 N–H and O–H groups in total. The number of ether oxygens (including phenoxy) is 2. The number of rotatable bonds is 4. The molecule has 18 heavy (non-hydrogen) atoms. The third-order valence-corrected chi connectivity index (χ3v) is 3.06. The monoisotopic (exact) mass is 270 g/mol. The van der Waals surface area contributed by atoms with Crippen molar-refractivity contribution in [2.75, 3.05) is 13.2 Å². The van der Waals surface area contributed by atoms with Crippen LogP contribution < -0.4 is 4.74 Å². The number of carboxylic acids is 1. The van der Waals surface area contributed by atoms with Crippen LogP contribution in [0.1, 0.15) is 18.4 Å². The van der Waals surface area contributed by atoms with Crippen LogP contribution in [-0.2, 0) is 16.0 Å². The molecule has 0 radical (unpaired) electrons. The topological polar surface area (TPSA) is 55.8 Å². The van der Waals surface area contributed by atoms with E-state index in [1.54, 1.807) is 18.2 Å². The molecule has 4 nitrogen and oxygen atoms in total. The van der Waals surface area contributed by atoms with E-state index in [0.717, 1.165) is 19.4 Å². The Labute approximate surface area is 110 Å². The molecule has 0 spiro atoms. The third-order valence-electron chi connectivity index (χ3n) is 2.76. The molecule has 98 valence electrons. The van der Waals surface area contributed by atoms with E-state index < -0.39 is 5.97 Å². The molecule has 1 atom stereocenters. The van der Waals surface area contributed by atoms with Gasteiger partial charge in [-0.1, -0.05) is 17.7 Å². The molecule has 1 aliphatic heterocycles. The van der Waals surface area contributed by atoms with Crippen molar-refractivity contribution in [3.8, 4) is 5.75 Å². The summed E-state index contributed by atoms with van der Waals surface area (Å²) in [5.74, 6) is -0.290. The summed E-state index contributed by atoms with van der Waals surface area (Å²) >= 11 is 6.07. The van der Waals surface area contributed by atoms with Crippen molar-refractivity contribution in [3.63, 3.8) is 0 Å². The van der Waals surface area contributed by atoms with Gasteiger partial charge < -0.3 is 14.6 Å². The van der Waals surface area contributed by atoms with Gasteiger partial charge in [0.05, 0.1) is 18.1 Å². The summed E-state index contributed by atoms with van der Waals surface area (Å²) in [4.78, 5) is 10.6. The van der Waals surface area contributed by atoms with Crippen molar-refractivity contribution in [2.45, 2.75) is 25.4 Å². The molecule has 0 aliphatic carbocycles. The lowest BCUT2D eigenvalue weighted by Gasteiger charge is -2.23. The number of aliphatic carboxylic acids is 1. The summed E-state index contributed by atoms with van der Waals surface area (Å²) in [6, 6.07) is 5.07. The molecule has 1 aromatic rings. The fourth-order valence-corrected chi connectivity index (χ4v) is 2.16. The molecule has 5 heteroatoms. The molecule has 1 aromatic carbocycles. The van der Waals surface area contributed by atoms with Gasteiger partial charge in [0.15, 0.2) is 0 Å². The molecule has 0 amide bonds. The molecular formula is C13H15ClO4. The van der Waals surface area contributed by atoms with E-state index in [1.807, 2.05) is 0 Å². The smallest absolute Gasteiger partial charge is 0.307 e. The number of carbonyl (C=O) groups is 1. The molecule has 1 heterocycles. The van der Waals surface area contributed by atoms with Gasteiger partial charge in [-0.05, 0) is 30.5 Å². The van der Waals surface area contributed by atoms with Crippen molar-refractivity contribution in [1.29, 1.82) is 0 Å². The Morgan fingerprint density at radius 2 is 2.39 bits per heavy atom. The molecule has 0 aromatic heterocycles. The quantitative estimate of drug-likeness (QED) is 0.913. The third kappa shape index (κ3) is 3.62. The van der Waals surface area contributed by atoms with E-state index in [1.165, 1.54) is 0 Å². The molecule has 1 fully saturated rings. The van der Waals surface area contributed by atoms with Crippen molar-refractivity contribution in [1.82, 2.24) is 0 Å². The van der Waals surface area contributed by atoms with Crippen molar-refractivity contribution in [3.05, 3.63) is 28.8 Å². The number of hydrogen-bond acceptors (Lipinski definition) is 3. The number of benzene rings is 1. The molecular weight excluding hydrogens is 256 g/mol. The average Bonchev–Trinajstić information content (AvgIpc) is 2.33. The van der Waals surface area contributed by atoms with Crippen LogP contribution in [0.2, 0.25) is 5.02 Å². The average molecular weight is 271 g/mol. The first-order valence-corrected chi connectivity index (χ1v) is 6.27. The van der Waals surface area contributed by atoms with Gasteiger partial charge in [-0.25, -0.2) is 0 Å². The van der Waals surface area contributed by atoms with Crippen LogP contribution in [0.15, 0.2) is 18.2 Å². The van der Waals surface area contributed by atoms with Gasteiger partial charge in [0.1, 0.15) is 11.9 Å². The van der Waals surface area contributed by atoms with E-state index in [0.29, 0.717) is 22.9 Å². The minimum absolute atomic E-state index is 0.0292. The van der Waals surface area contributed by atoms with Gasteiger partial charge in [0, 0.05) is 6.61 Å². The van der Waals surface area contributed by atoms with E-state index >= 15 is 0 Å². The van der Waals surface area contributed by atoms with Crippen LogP contribution in [0.5, 0.6) is 5.75 Å². The van der Waals surface area contributed by atoms with E-state index in [4.69, 9.17) is 26.2 Å². The number of halogens is 1. The predicted octanol–water partition coefficient (Wildman–Crippen LogP) is 2.52. The van der Waals surface area contributed by atoms with Crippen LogP contribution in [0, 0.1) is 0 Å². The van der Waals surface area contributed by atoms with Gasteiger partial charge in [-0.15, -0.1) is 0 Å². The van der Waals surface area contributed by atoms with Crippen LogP contribution in [0.25, 0.3) is 0 Å². The zero-order valence-electron chi connectivity index (χ0n) is 9.89. The summed E-state index contributed by atoms with van der Waals surface area (Å²) in [5.41, 5.74) is 0.666. The zero-order valence-corrected chi connectivity index (χ0v) is 10.7. The maximum atomic E-state index is 10.6. The first kappa shape index (κ1) is 13.2. The SMILES string of the molecule is O=C(O)Cc1ccc(OC2CCCOC2)c(Cl)c1. The molecule has 1 unspecified atom stereocenters. The molecule has 2 rings (SSSR count). The van der Waals surface area contributed by atoms with Gasteiger partial charge in [0.25, 0.3) is 0 Å². The van der Waals surface area contributed by atoms with Crippen molar-refractivity contribution < 1.29 is 19.4 Å². The van der Waals surface area contributed by atoms with E-state index in [2.05, 4.69) is 0 Å². The zero-order chi connectivity index (χ0) is 13.0. The van der Waals surface area contributed by atoms with Crippen LogP contribution in [0.4, 0.5) is 0 Å². The summed E-state index contributed by atoms with van der Waals surface area (Å²) < 4.78 is 11.1. The standard InChI is InChI=1S/C13H15ClO4/c14-11-6-9(7-13(15)16)3-4-12(11)18-10-2-1-5-17-8-10/h3-4,6,10H,1-2,5,7-8H2,(H,15,16).